The Balaban J connectivity index is 2.14. The molecule has 0 radical (unpaired) electrons. The Morgan fingerprint density at radius 1 is 0.944 bits per heavy atom. The Bertz CT molecular complexity index is 459. The van der Waals surface area contributed by atoms with Gasteiger partial charge in [-0.05, 0) is 31.0 Å². The lowest BCUT2D eigenvalue weighted by molar-refractivity contribution is 0.677. The third kappa shape index (κ3) is 3.36. The van der Waals surface area contributed by atoms with Crippen LogP contribution in [-0.2, 0) is 0 Å². The monoisotopic (exact) mass is 239 g/mol. The summed E-state index contributed by atoms with van der Waals surface area (Å²) in [4.78, 5) is 0. The Morgan fingerprint density at radius 3 is 2.22 bits per heavy atom. The third-order valence-electron chi connectivity index (χ3n) is 3.17. The lowest BCUT2D eigenvalue weighted by Crippen LogP contribution is -2.10. The molecule has 0 bridgehead atoms. The van der Waals surface area contributed by atoms with Crippen LogP contribution in [0.1, 0.15) is 36.9 Å². The summed E-state index contributed by atoms with van der Waals surface area (Å²) in [5.41, 5.74) is 3.86. The summed E-state index contributed by atoms with van der Waals surface area (Å²) in [7, 11) is 0. The molecule has 1 nitrogen and oxygen atoms in total. The minimum absolute atomic E-state index is 0.402. The van der Waals surface area contributed by atoms with E-state index in [4.69, 9.17) is 0 Å². The second-order valence-electron chi connectivity index (χ2n) is 4.76. The normalized spacial score (nSPS) is 12.1. The van der Waals surface area contributed by atoms with E-state index in [1.54, 1.807) is 0 Å². The van der Waals surface area contributed by atoms with Crippen LogP contribution in [0.4, 0.5) is 5.69 Å². The van der Waals surface area contributed by atoms with Gasteiger partial charge in [-0.1, -0.05) is 61.4 Å². The molecule has 18 heavy (non-hydrogen) atoms. The zero-order valence-electron chi connectivity index (χ0n) is 11.2. The smallest absolute Gasteiger partial charge is 0.0513 e. The fraction of sp³-hybridized carbons (Fsp3) is 0.294. The highest BCUT2D eigenvalue weighted by atomic mass is 14.9. The van der Waals surface area contributed by atoms with Crippen LogP contribution in [0.5, 0.6) is 0 Å². The van der Waals surface area contributed by atoms with Gasteiger partial charge < -0.3 is 5.32 Å². The standard InChI is InChI=1S/C17H21N/c1-3-7-17(15-8-5-4-6-9-15)18-16-12-10-14(2)11-13-16/h4-6,8-13,17-18H,3,7H2,1-2H3. The number of anilines is 1. The molecule has 0 amide bonds. The van der Waals surface area contributed by atoms with Crippen LogP contribution in [0, 0.1) is 6.92 Å². The van der Waals surface area contributed by atoms with Gasteiger partial charge in [0.25, 0.3) is 0 Å². The minimum Gasteiger partial charge on any atom is -0.378 e. The number of hydrogen-bond donors (Lipinski definition) is 1. The molecule has 0 saturated heterocycles. The summed E-state index contributed by atoms with van der Waals surface area (Å²) in [5, 5.41) is 3.62. The molecule has 94 valence electrons. The van der Waals surface area contributed by atoms with E-state index in [9.17, 15) is 0 Å². The van der Waals surface area contributed by atoms with E-state index in [1.807, 2.05) is 0 Å². The molecule has 2 aromatic rings. The first-order valence-corrected chi connectivity index (χ1v) is 6.67. The van der Waals surface area contributed by atoms with Gasteiger partial charge in [0.15, 0.2) is 0 Å². The quantitative estimate of drug-likeness (QED) is 0.778. The van der Waals surface area contributed by atoms with Crippen molar-refractivity contribution in [3.8, 4) is 0 Å². The van der Waals surface area contributed by atoms with Crippen LogP contribution in [0.2, 0.25) is 0 Å². The molecule has 1 unspecified atom stereocenters. The molecule has 0 spiro atoms. The highest BCUT2D eigenvalue weighted by Gasteiger charge is 2.09. The van der Waals surface area contributed by atoms with Gasteiger partial charge in [-0.2, -0.15) is 0 Å². The molecule has 0 aliphatic carbocycles. The van der Waals surface area contributed by atoms with Gasteiger partial charge in [0, 0.05) is 5.69 Å². The number of hydrogen-bond acceptors (Lipinski definition) is 1. The number of nitrogens with one attached hydrogen (secondary N) is 1. The molecule has 1 atom stereocenters. The molecule has 0 aromatic heterocycles. The summed E-state index contributed by atoms with van der Waals surface area (Å²) < 4.78 is 0. The first-order valence-electron chi connectivity index (χ1n) is 6.67. The van der Waals surface area contributed by atoms with Crippen molar-refractivity contribution in [1.29, 1.82) is 0 Å². The minimum atomic E-state index is 0.402. The maximum atomic E-state index is 3.62. The van der Waals surface area contributed by atoms with Crippen molar-refractivity contribution in [3.63, 3.8) is 0 Å². The summed E-state index contributed by atoms with van der Waals surface area (Å²) in [6.45, 7) is 4.34. The molecule has 0 heterocycles. The second-order valence-corrected chi connectivity index (χ2v) is 4.76. The zero-order chi connectivity index (χ0) is 12.8. The molecule has 1 N–H and O–H groups in total. The molecule has 2 aromatic carbocycles. The summed E-state index contributed by atoms with van der Waals surface area (Å²) in [6, 6.07) is 19.7. The van der Waals surface area contributed by atoms with Crippen LogP contribution in [-0.4, -0.2) is 0 Å². The first-order chi connectivity index (χ1) is 8.79. The average molecular weight is 239 g/mol. The predicted molar refractivity (Wildman–Crippen MR) is 78.9 cm³/mol. The Kier molecular flexibility index (Phi) is 4.40. The van der Waals surface area contributed by atoms with Gasteiger partial charge in [-0.15, -0.1) is 0 Å². The molecule has 0 aliphatic heterocycles. The van der Waals surface area contributed by atoms with E-state index < -0.39 is 0 Å². The summed E-state index contributed by atoms with van der Waals surface area (Å²) in [5.74, 6) is 0. The van der Waals surface area contributed by atoms with Gasteiger partial charge in [0.1, 0.15) is 0 Å². The predicted octanol–water partition coefficient (Wildman–Crippen LogP) is 4.95. The van der Waals surface area contributed by atoms with Crippen LogP contribution in [0.3, 0.4) is 0 Å². The highest BCUT2D eigenvalue weighted by molar-refractivity contribution is 5.46. The lowest BCUT2D eigenvalue weighted by atomic mass is 10.0. The number of rotatable bonds is 5. The van der Waals surface area contributed by atoms with Crippen molar-refractivity contribution in [1.82, 2.24) is 0 Å². The fourth-order valence-corrected chi connectivity index (χ4v) is 2.15. The van der Waals surface area contributed by atoms with Crippen molar-refractivity contribution in [3.05, 3.63) is 65.7 Å². The highest BCUT2D eigenvalue weighted by Crippen LogP contribution is 2.23. The second kappa shape index (κ2) is 6.25. The van der Waals surface area contributed by atoms with E-state index in [2.05, 4.69) is 73.8 Å². The van der Waals surface area contributed by atoms with E-state index >= 15 is 0 Å². The van der Waals surface area contributed by atoms with Crippen molar-refractivity contribution in [2.24, 2.45) is 0 Å². The summed E-state index contributed by atoms with van der Waals surface area (Å²) in [6.07, 6.45) is 2.33. The van der Waals surface area contributed by atoms with Crippen molar-refractivity contribution in [2.75, 3.05) is 5.32 Å². The zero-order valence-corrected chi connectivity index (χ0v) is 11.2. The molecular weight excluding hydrogens is 218 g/mol. The van der Waals surface area contributed by atoms with Crippen LogP contribution in [0.15, 0.2) is 54.6 Å². The third-order valence-corrected chi connectivity index (χ3v) is 3.17. The molecule has 0 fully saturated rings. The maximum absolute atomic E-state index is 3.62. The van der Waals surface area contributed by atoms with Gasteiger partial charge in [0.05, 0.1) is 6.04 Å². The lowest BCUT2D eigenvalue weighted by Gasteiger charge is -2.20. The largest absolute Gasteiger partial charge is 0.378 e. The summed E-state index contributed by atoms with van der Waals surface area (Å²) >= 11 is 0. The van der Waals surface area contributed by atoms with Crippen LogP contribution < -0.4 is 5.32 Å². The SMILES string of the molecule is CCCC(Nc1ccc(C)cc1)c1ccccc1. The first kappa shape index (κ1) is 12.7. The molecular formula is C17H21N. The number of aryl methyl sites for hydroxylation is 1. The molecule has 0 aliphatic rings. The van der Waals surface area contributed by atoms with E-state index in [1.165, 1.54) is 23.2 Å². The van der Waals surface area contributed by atoms with Crippen LogP contribution in [0.25, 0.3) is 0 Å². The Morgan fingerprint density at radius 2 is 1.61 bits per heavy atom. The van der Waals surface area contributed by atoms with Gasteiger partial charge >= 0.3 is 0 Å². The average Bonchev–Trinajstić information content (AvgIpc) is 2.42. The molecule has 0 saturated carbocycles. The van der Waals surface area contributed by atoms with E-state index in [0.29, 0.717) is 6.04 Å². The fourth-order valence-electron chi connectivity index (χ4n) is 2.15. The Hall–Kier alpha value is -1.76. The molecule has 2 rings (SSSR count). The van der Waals surface area contributed by atoms with Gasteiger partial charge in [-0.3, -0.25) is 0 Å². The number of benzene rings is 2. The topological polar surface area (TPSA) is 12.0 Å². The van der Waals surface area contributed by atoms with E-state index in [0.717, 1.165) is 6.42 Å². The van der Waals surface area contributed by atoms with Crippen LogP contribution >= 0.6 is 0 Å². The Labute approximate surface area is 110 Å². The van der Waals surface area contributed by atoms with Gasteiger partial charge in [0.2, 0.25) is 0 Å². The van der Waals surface area contributed by atoms with Gasteiger partial charge in [-0.25, -0.2) is 0 Å². The van der Waals surface area contributed by atoms with Crippen molar-refractivity contribution < 1.29 is 0 Å². The maximum Gasteiger partial charge on any atom is 0.0513 e. The molecule has 1 heteroatoms. The van der Waals surface area contributed by atoms with Crippen molar-refractivity contribution in [2.45, 2.75) is 32.7 Å². The van der Waals surface area contributed by atoms with Crippen molar-refractivity contribution >= 4 is 5.69 Å². The van der Waals surface area contributed by atoms with E-state index in [-0.39, 0.29) is 0 Å².